The summed E-state index contributed by atoms with van der Waals surface area (Å²) < 4.78 is 0. The number of carbonyl (C=O) groups is 2. The van der Waals surface area contributed by atoms with Crippen molar-refractivity contribution in [1.82, 2.24) is 5.32 Å². The molecular formula is C28H25N3O2S. The summed E-state index contributed by atoms with van der Waals surface area (Å²) >= 11 is 1.28. The molecule has 4 rings (SSSR count). The van der Waals surface area contributed by atoms with Crippen molar-refractivity contribution in [3.63, 3.8) is 0 Å². The molecule has 3 aromatic carbocycles. The molecular weight excluding hydrogens is 442 g/mol. The second-order valence-electron chi connectivity index (χ2n) is 8.09. The normalized spacial score (nSPS) is 16.8. The number of nitrogens with zero attached hydrogens (tertiary/aromatic N) is 2. The minimum Gasteiger partial charge on any atom is -0.351 e. The summed E-state index contributed by atoms with van der Waals surface area (Å²) in [5.74, 6) is -0.594. The first-order chi connectivity index (χ1) is 16.6. The van der Waals surface area contributed by atoms with Gasteiger partial charge < -0.3 is 5.32 Å². The number of rotatable bonds is 7. The number of thioether (sulfide) groups is 1. The summed E-state index contributed by atoms with van der Waals surface area (Å²) in [7, 11) is 0. The van der Waals surface area contributed by atoms with E-state index in [-0.39, 0.29) is 11.5 Å². The minimum absolute atomic E-state index is 0.0393. The monoisotopic (exact) mass is 467 g/mol. The SMILES string of the molecule is Cc1ccc(N2C(=O)[C@H](Cc3ccccc3)S/C2=C(/C#N)C(=O)NCCc2ccccc2)cc1. The van der Waals surface area contributed by atoms with Gasteiger partial charge in [0.2, 0.25) is 5.91 Å². The second-order valence-corrected chi connectivity index (χ2v) is 9.28. The van der Waals surface area contributed by atoms with E-state index in [9.17, 15) is 14.9 Å². The van der Waals surface area contributed by atoms with Crippen LogP contribution in [0.2, 0.25) is 0 Å². The van der Waals surface area contributed by atoms with Crippen LogP contribution in [0.4, 0.5) is 5.69 Å². The van der Waals surface area contributed by atoms with Crippen LogP contribution in [-0.2, 0) is 22.4 Å². The van der Waals surface area contributed by atoms with E-state index in [1.54, 1.807) is 0 Å². The summed E-state index contributed by atoms with van der Waals surface area (Å²) in [6.45, 7) is 2.37. The van der Waals surface area contributed by atoms with Gasteiger partial charge in [0.05, 0.1) is 5.25 Å². The number of aryl methyl sites for hydroxylation is 1. The van der Waals surface area contributed by atoms with Crippen LogP contribution < -0.4 is 10.2 Å². The molecule has 0 radical (unpaired) electrons. The van der Waals surface area contributed by atoms with Crippen molar-refractivity contribution >= 4 is 29.3 Å². The van der Waals surface area contributed by atoms with Crippen LogP contribution in [0, 0.1) is 18.3 Å². The van der Waals surface area contributed by atoms with Crippen LogP contribution in [-0.4, -0.2) is 23.6 Å². The molecule has 1 atom stereocenters. The molecule has 1 N–H and O–H groups in total. The van der Waals surface area contributed by atoms with Gasteiger partial charge in [-0.15, -0.1) is 0 Å². The van der Waals surface area contributed by atoms with Crippen molar-refractivity contribution < 1.29 is 9.59 Å². The average molecular weight is 468 g/mol. The smallest absolute Gasteiger partial charge is 0.264 e. The van der Waals surface area contributed by atoms with Crippen molar-refractivity contribution in [1.29, 1.82) is 5.26 Å². The molecule has 5 nitrogen and oxygen atoms in total. The molecule has 1 fully saturated rings. The Morgan fingerprint density at radius 3 is 2.21 bits per heavy atom. The van der Waals surface area contributed by atoms with Gasteiger partial charge in [-0.3, -0.25) is 14.5 Å². The minimum atomic E-state index is -0.466. The Bertz CT molecular complexity index is 1230. The predicted molar refractivity (Wildman–Crippen MR) is 136 cm³/mol. The third kappa shape index (κ3) is 5.38. The Labute approximate surface area is 204 Å². The molecule has 0 aromatic heterocycles. The van der Waals surface area contributed by atoms with Crippen molar-refractivity contribution in [3.05, 3.63) is 112 Å². The molecule has 1 saturated heterocycles. The first-order valence-electron chi connectivity index (χ1n) is 11.1. The quantitative estimate of drug-likeness (QED) is 0.401. The van der Waals surface area contributed by atoms with Gasteiger partial charge in [0.25, 0.3) is 5.91 Å². The molecule has 1 heterocycles. The number of amides is 2. The molecule has 2 amide bonds. The van der Waals surface area contributed by atoms with E-state index >= 15 is 0 Å². The lowest BCUT2D eigenvalue weighted by Gasteiger charge is -2.19. The number of benzene rings is 3. The van der Waals surface area contributed by atoms with Crippen LogP contribution in [0.5, 0.6) is 0 Å². The fraction of sp³-hybridized carbons (Fsp3) is 0.179. The third-order valence-corrected chi connectivity index (χ3v) is 6.87. The van der Waals surface area contributed by atoms with Crippen molar-refractivity contribution in [2.75, 3.05) is 11.4 Å². The third-order valence-electron chi connectivity index (χ3n) is 5.60. The molecule has 0 unspecified atom stereocenters. The highest BCUT2D eigenvalue weighted by atomic mass is 32.2. The van der Waals surface area contributed by atoms with E-state index in [4.69, 9.17) is 0 Å². The van der Waals surface area contributed by atoms with Gasteiger partial charge in [0, 0.05) is 12.2 Å². The van der Waals surface area contributed by atoms with Gasteiger partial charge in [0.1, 0.15) is 16.7 Å². The summed E-state index contributed by atoms with van der Waals surface area (Å²) in [5.41, 5.74) is 3.81. The number of nitriles is 1. The van der Waals surface area contributed by atoms with E-state index in [0.717, 1.165) is 16.7 Å². The van der Waals surface area contributed by atoms with Crippen LogP contribution in [0.15, 0.2) is 95.5 Å². The molecule has 0 bridgehead atoms. The molecule has 170 valence electrons. The van der Waals surface area contributed by atoms with Crippen LogP contribution >= 0.6 is 11.8 Å². The number of anilines is 1. The molecule has 0 spiro atoms. The largest absolute Gasteiger partial charge is 0.351 e. The zero-order chi connectivity index (χ0) is 23.9. The van der Waals surface area contributed by atoms with E-state index in [1.165, 1.54) is 16.7 Å². The highest BCUT2D eigenvalue weighted by molar-refractivity contribution is 8.05. The van der Waals surface area contributed by atoms with Crippen molar-refractivity contribution in [2.45, 2.75) is 25.0 Å². The molecule has 3 aromatic rings. The maximum absolute atomic E-state index is 13.5. The van der Waals surface area contributed by atoms with Crippen molar-refractivity contribution in [3.8, 4) is 6.07 Å². The molecule has 34 heavy (non-hydrogen) atoms. The van der Waals surface area contributed by atoms with Gasteiger partial charge in [-0.1, -0.05) is 90.1 Å². The Balaban J connectivity index is 1.61. The van der Waals surface area contributed by atoms with Gasteiger partial charge in [0.15, 0.2) is 0 Å². The lowest BCUT2D eigenvalue weighted by atomic mass is 10.1. The van der Waals surface area contributed by atoms with E-state index in [1.807, 2.05) is 91.9 Å². The van der Waals surface area contributed by atoms with Gasteiger partial charge in [-0.2, -0.15) is 5.26 Å². The number of carbonyl (C=O) groups excluding carboxylic acids is 2. The summed E-state index contributed by atoms with van der Waals surface area (Å²) in [4.78, 5) is 28.0. The molecule has 1 aliphatic rings. The fourth-order valence-electron chi connectivity index (χ4n) is 3.80. The standard InChI is InChI=1S/C28H25N3O2S/c1-20-12-14-23(15-13-20)31-27(33)25(18-22-10-6-3-7-11-22)34-28(31)24(19-29)26(32)30-17-16-21-8-4-2-5-9-21/h2-15,25H,16-18H2,1H3,(H,30,32)/b28-24-/t25-/m0/s1. The molecule has 1 aliphatic heterocycles. The molecule has 0 aliphatic carbocycles. The maximum atomic E-state index is 13.5. The van der Waals surface area contributed by atoms with E-state index in [0.29, 0.717) is 30.1 Å². The lowest BCUT2D eigenvalue weighted by Crippen LogP contribution is -2.32. The summed E-state index contributed by atoms with van der Waals surface area (Å²) in [6.07, 6.45) is 1.18. The first kappa shape index (κ1) is 23.3. The predicted octanol–water partition coefficient (Wildman–Crippen LogP) is 4.78. The Kier molecular flexibility index (Phi) is 7.46. The first-order valence-corrected chi connectivity index (χ1v) is 12.0. The zero-order valence-electron chi connectivity index (χ0n) is 18.9. The van der Waals surface area contributed by atoms with Crippen LogP contribution in [0.25, 0.3) is 0 Å². The number of hydrogen-bond donors (Lipinski definition) is 1. The maximum Gasteiger partial charge on any atom is 0.264 e. The zero-order valence-corrected chi connectivity index (χ0v) is 19.7. The van der Waals surface area contributed by atoms with Crippen LogP contribution in [0.1, 0.15) is 16.7 Å². The Morgan fingerprint density at radius 2 is 1.59 bits per heavy atom. The van der Waals surface area contributed by atoms with Crippen molar-refractivity contribution in [2.24, 2.45) is 0 Å². The highest BCUT2D eigenvalue weighted by Crippen LogP contribution is 2.41. The Hall–Kier alpha value is -3.82. The summed E-state index contributed by atoms with van der Waals surface area (Å²) in [6, 6.07) is 29.2. The topological polar surface area (TPSA) is 73.2 Å². The van der Waals surface area contributed by atoms with Gasteiger partial charge in [-0.05, 0) is 43.0 Å². The molecule has 6 heteroatoms. The number of hydrogen-bond acceptors (Lipinski definition) is 4. The van der Waals surface area contributed by atoms with Gasteiger partial charge >= 0.3 is 0 Å². The van der Waals surface area contributed by atoms with E-state index in [2.05, 4.69) is 11.4 Å². The van der Waals surface area contributed by atoms with E-state index < -0.39 is 11.2 Å². The molecule has 0 saturated carbocycles. The van der Waals surface area contributed by atoms with Gasteiger partial charge in [-0.25, -0.2) is 0 Å². The second kappa shape index (κ2) is 10.9. The highest BCUT2D eigenvalue weighted by Gasteiger charge is 2.40. The lowest BCUT2D eigenvalue weighted by molar-refractivity contribution is -0.117. The fourth-order valence-corrected chi connectivity index (χ4v) is 5.11. The summed E-state index contributed by atoms with van der Waals surface area (Å²) in [5, 5.41) is 12.7. The Morgan fingerprint density at radius 1 is 0.971 bits per heavy atom. The average Bonchev–Trinajstić information content (AvgIpc) is 3.17. The number of nitrogens with one attached hydrogen (secondary N) is 1. The van der Waals surface area contributed by atoms with Crippen LogP contribution in [0.3, 0.4) is 0 Å².